The third kappa shape index (κ3) is 3.78. The summed E-state index contributed by atoms with van der Waals surface area (Å²) in [5.41, 5.74) is 2.89. The minimum Gasteiger partial charge on any atom is -0.396 e. The highest BCUT2D eigenvalue weighted by Gasteiger charge is 2.32. The van der Waals surface area contributed by atoms with Gasteiger partial charge in [-0.15, -0.1) is 0 Å². The highest BCUT2D eigenvalue weighted by molar-refractivity contribution is 5.31. The van der Waals surface area contributed by atoms with Crippen LogP contribution >= 0.6 is 0 Å². The Hall–Kier alpha value is -0.900. The lowest BCUT2D eigenvalue weighted by Crippen LogP contribution is -2.47. The minimum atomic E-state index is 0.217. The summed E-state index contributed by atoms with van der Waals surface area (Å²) in [6.45, 7) is 3.08. The smallest absolute Gasteiger partial charge is 0.0616 e. The molecule has 2 rings (SSSR count). The summed E-state index contributed by atoms with van der Waals surface area (Å²) in [5, 5.41) is 12.6. The van der Waals surface area contributed by atoms with Gasteiger partial charge in [-0.3, -0.25) is 0 Å². The monoisotopic (exact) mass is 263 g/mol. The van der Waals surface area contributed by atoms with E-state index in [4.69, 9.17) is 9.84 Å². The summed E-state index contributed by atoms with van der Waals surface area (Å²) in [6.07, 6.45) is 3.15. The normalized spacial score (nSPS) is 23.9. The van der Waals surface area contributed by atoms with Gasteiger partial charge in [-0.25, -0.2) is 0 Å². The lowest BCUT2D eigenvalue weighted by molar-refractivity contribution is 0.129. The average molecular weight is 263 g/mol. The van der Waals surface area contributed by atoms with Crippen LogP contribution in [0.4, 0.5) is 0 Å². The fraction of sp³-hybridized carbons (Fsp3) is 0.625. The molecule has 2 N–H and O–H groups in total. The van der Waals surface area contributed by atoms with Gasteiger partial charge in [0.25, 0.3) is 0 Å². The van der Waals surface area contributed by atoms with E-state index >= 15 is 0 Å². The highest BCUT2D eigenvalue weighted by atomic mass is 16.5. The van der Waals surface area contributed by atoms with E-state index in [-0.39, 0.29) is 12.6 Å². The van der Waals surface area contributed by atoms with E-state index < -0.39 is 0 Å². The van der Waals surface area contributed by atoms with Gasteiger partial charge in [0, 0.05) is 25.8 Å². The Labute approximate surface area is 116 Å². The predicted octanol–water partition coefficient (Wildman–Crippen LogP) is 2.23. The standard InChI is InChI=1S/C16H25NO2/c1-12-5-3-4-6-16(12)13-9-15(10-13)17-14(7-8-18)11-19-2/h3-6,13-15,17-18H,7-11H2,1-2H3. The van der Waals surface area contributed by atoms with Crippen LogP contribution in [0.15, 0.2) is 24.3 Å². The molecule has 1 fully saturated rings. The maximum absolute atomic E-state index is 9.04. The van der Waals surface area contributed by atoms with E-state index in [1.54, 1.807) is 7.11 Å². The summed E-state index contributed by atoms with van der Waals surface area (Å²) >= 11 is 0. The van der Waals surface area contributed by atoms with Crippen molar-refractivity contribution in [1.82, 2.24) is 5.32 Å². The lowest BCUT2D eigenvalue weighted by Gasteiger charge is -2.39. The van der Waals surface area contributed by atoms with E-state index in [2.05, 4.69) is 36.5 Å². The minimum absolute atomic E-state index is 0.217. The van der Waals surface area contributed by atoms with Gasteiger partial charge in [0.15, 0.2) is 0 Å². The molecule has 1 aromatic rings. The number of nitrogens with one attached hydrogen (secondary N) is 1. The Bertz CT molecular complexity index is 382. The van der Waals surface area contributed by atoms with E-state index in [9.17, 15) is 0 Å². The molecule has 1 atom stereocenters. The van der Waals surface area contributed by atoms with Crippen molar-refractivity contribution in [1.29, 1.82) is 0 Å². The number of aliphatic hydroxyl groups is 1. The van der Waals surface area contributed by atoms with Crippen molar-refractivity contribution in [3.05, 3.63) is 35.4 Å². The Balaban J connectivity index is 1.81. The number of benzene rings is 1. The highest BCUT2D eigenvalue weighted by Crippen LogP contribution is 2.38. The molecule has 0 saturated heterocycles. The third-order valence-electron chi connectivity index (χ3n) is 4.08. The molecule has 0 amide bonds. The van der Waals surface area contributed by atoms with Gasteiger partial charge < -0.3 is 15.2 Å². The van der Waals surface area contributed by atoms with Crippen LogP contribution in [0, 0.1) is 6.92 Å². The summed E-state index contributed by atoms with van der Waals surface area (Å²) in [6, 6.07) is 9.51. The van der Waals surface area contributed by atoms with Crippen LogP contribution in [0.2, 0.25) is 0 Å². The van der Waals surface area contributed by atoms with Crippen LogP contribution < -0.4 is 5.32 Å². The SMILES string of the molecule is COCC(CCO)NC1CC(c2ccccc2C)C1. The number of aliphatic hydroxyl groups excluding tert-OH is 1. The average Bonchev–Trinajstić information content (AvgIpc) is 2.35. The molecule has 106 valence electrons. The first-order valence-electron chi connectivity index (χ1n) is 7.16. The van der Waals surface area contributed by atoms with Crippen molar-refractivity contribution in [2.45, 2.75) is 44.2 Å². The van der Waals surface area contributed by atoms with Crippen molar-refractivity contribution in [3.8, 4) is 0 Å². The van der Waals surface area contributed by atoms with Gasteiger partial charge in [-0.05, 0) is 43.2 Å². The van der Waals surface area contributed by atoms with E-state index in [0.29, 0.717) is 18.6 Å². The molecular formula is C16H25NO2. The first kappa shape index (κ1) is 14.5. The van der Waals surface area contributed by atoms with Crippen LogP contribution in [-0.4, -0.2) is 37.5 Å². The molecule has 3 heteroatoms. The predicted molar refractivity (Wildman–Crippen MR) is 77.4 cm³/mol. The van der Waals surface area contributed by atoms with Crippen molar-refractivity contribution >= 4 is 0 Å². The number of rotatable bonds is 7. The zero-order valence-corrected chi connectivity index (χ0v) is 11.9. The molecule has 0 aliphatic heterocycles. The second-order valence-electron chi connectivity index (χ2n) is 5.55. The Kier molecular flexibility index (Phi) is 5.37. The zero-order valence-electron chi connectivity index (χ0n) is 11.9. The molecule has 0 radical (unpaired) electrons. The Morgan fingerprint density at radius 3 is 2.74 bits per heavy atom. The second kappa shape index (κ2) is 7.04. The number of ether oxygens (including phenoxy) is 1. The van der Waals surface area contributed by atoms with Crippen LogP contribution in [0.5, 0.6) is 0 Å². The fourth-order valence-electron chi connectivity index (χ4n) is 2.96. The first-order valence-corrected chi connectivity index (χ1v) is 7.16. The molecule has 0 bridgehead atoms. The van der Waals surface area contributed by atoms with Crippen LogP contribution in [-0.2, 0) is 4.74 Å². The molecular weight excluding hydrogens is 238 g/mol. The quantitative estimate of drug-likeness (QED) is 0.792. The van der Waals surface area contributed by atoms with Crippen molar-refractivity contribution in [2.75, 3.05) is 20.3 Å². The van der Waals surface area contributed by atoms with Gasteiger partial charge in [0.1, 0.15) is 0 Å². The Morgan fingerprint density at radius 1 is 1.37 bits per heavy atom. The first-order chi connectivity index (χ1) is 9.24. The fourth-order valence-corrected chi connectivity index (χ4v) is 2.96. The van der Waals surface area contributed by atoms with Gasteiger partial charge in [-0.1, -0.05) is 24.3 Å². The maximum Gasteiger partial charge on any atom is 0.0616 e. The van der Waals surface area contributed by atoms with Gasteiger partial charge in [0.2, 0.25) is 0 Å². The van der Waals surface area contributed by atoms with Gasteiger partial charge >= 0.3 is 0 Å². The molecule has 1 saturated carbocycles. The third-order valence-corrected chi connectivity index (χ3v) is 4.08. The topological polar surface area (TPSA) is 41.5 Å². The lowest BCUT2D eigenvalue weighted by atomic mass is 9.74. The molecule has 19 heavy (non-hydrogen) atoms. The van der Waals surface area contributed by atoms with Crippen molar-refractivity contribution < 1.29 is 9.84 Å². The molecule has 0 heterocycles. The molecule has 1 unspecified atom stereocenters. The second-order valence-corrected chi connectivity index (χ2v) is 5.55. The summed E-state index contributed by atoms with van der Waals surface area (Å²) in [4.78, 5) is 0. The molecule has 0 spiro atoms. The molecule has 1 aliphatic rings. The molecule has 1 aromatic carbocycles. The van der Waals surface area contributed by atoms with Crippen molar-refractivity contribution in [3.63, 3.8) is 0 Å². The van der Waals surface area contributed by atoms with Crippen molar-refractivity contribution in [2.24, 2.45) is 0 Å². The van der Waals surface area contributed by atoms with E-state index in [1.165, 1.54) is 24.0 Å². The summed E-state index contributed by atoms with van der Waals surface area (Å²) in [7, 11) is 1.71. The number of hydrogen-bond acceptors (Lipinski definition) is 3. The van der Waals surface area contributed by atoms with Crippen LogP contribution in [0.3, 0.4) is 0 Å². The van der Waals surface area contributed by atoms with E-state index in [0.717, 1.165) is 6.42 Å². The maximum atomic E-state index is 9.04. The van der Waals surface area contributed by atoms with Gasteiger partial charge in [-0.2, -0.15) is 0 Å². The summed E-state index contributed by atoms with van der Waals surface area (Å²) < 4.78 is 5.18. The van der Waals surface area contributed by atoms with Crippen LogP contribution in [0.25, 0.3) is 0 Å². The molecule has 1 aliphatic carbocycles. The van der Waals surface area contributed by atoms with Crippen LogP contribution in [0.1, 0.15) is 36.3 Å². The number of aryl methyl sites for hydroxylation is 1. The summed E-state index contributed by atoms with van der Waals surface area (Å²) in [5.74, 6) is 0.691. The largest absolute Gasteiger partial charge is 0.396 e. The number of hydrogen-bond donors (Lipinski definition) is 2. The molecule has 0 aromatic heterocycles. The number of methoxy groups -OCH3 is 1. The van der Waals surface area contributed by atoms with E-state index in [1.807, 2.05) is 0 Å². The zero-order chi connectivity index (χ0) is 13.7. The molecule has 3 nitrogen and oxygen atoms in total. The Morgan fingerprint density at radius 2 is 2.11 bits per heavy atom. The van der Waals surface area contributed by atoms with Gasteiger partial charge in [0.05, 0.1) is 6.61 Å².